The average molecular weight is 461 g/mol. The molecule has 1 amide bonds. The van der Waals surface area contributed by atoms with Crippen molar-refractivity contribution >= 4 is 23.5 Å². The molecule has 0 bridgehead atoms. The third-order valence-corrected chi connectivity index (χ3v) is 4.25. The number of nitriles is 1. The van der Waals surface area contributed by atoms with Gasteiger partial charge in [0.1, 0.15) is 12.4 Å². The van der Waals surface area contributed by atoms with Crippen LogP contribution in [0, 0.1) is 11.3 Å². The maximum Gasteiger partial charge on any atom is 0.493 e. The van der Waals surface area contributed by atoms with Crippen molar-refractivity contribution in [2.45, 2.75) is 6.18 Å². The molecule has 1 aliphatic rings. The lowest BCUT2D eigenvalue weighted by atomic mass is 10.2. The molecule has 0 radical (unpaired) electrons. The van der Waals surface area contributed by atoms with Crippen molar-refractivity contribution in [3.8, 4) is 11.8 Å². The minimum Gasteiger partial charge on any atom is -0.492 e. The molecule has 1 aliphatic heterocycles. The molecule has 1 heterocycles. The zero-order chi connectivity index (χ0) is 23.8. The van der Waals surface area contributed by atoms with Gasteiger partial charge in [0, 0.05) is 17.8 Å². The zero-order valence-corrected chi connectivity index (χ0v) is 17.1. The maximum atomic E-state index is 12.7. The number of rotatable bonds is 6. The van der Waals surface area contributed by atoms with Crippen molar-refractivity contribution in [3.05, 3.63) is 59.7 Å². The Balaban J connectivity index is 1.68. The van der Waals surface area contributed by atoms with Gasteiger partial charge in [-0.05, 0) is 42.5 Å². The number of alkyl halides is 3. The van der Waals surface area contributed by atoms with Crippen LogP contribution in [0.3, 0.4) is 0 Å². The van der Waals surface area contributed by atoms with E-state index in [-0.39, 0.29) is 23.0 Å². The lowest BCUT2D eigenvalue weighted by molar-refractivity contribution is -0.229. The topological polar surface area (TPSA) is 116 Å². The number of hydrogen-bond acceptors (Lipinski definition) is 8. The molecule has 0 saturated carbocycles. The molecule has 0 spiro atoms. The highest BCUT2D eigenvalue weighted by molar-refractivity contribution is 5.97. The second kappa shape index (κ2) is 10.4. The molecular formula is C21H18F3N5O4. The Morgan fingerprint density at radius 2 is 1.97 bits per heavy atom. The summed E-state index contributed by atoms with van der Waals surface area (Å²) >= 11 is 0. The van der Waals surface area contributed by atoms with Gasteiger partial charge in [-0.25, -0.2) is 4.79 Å². The van der Waals surface area contributed by atoms with Crippen molar-refractivity contribution in [3.63, 3.8) is 0 Å². The molecule has 2 aromatic carbocycles. The number of nitrogens with zero attached hydrogens (tertiary/aromatic N) is 3. The summed E-state index contributed by atoms with van der Waals surface area (Å²) in [6, 6.07) is 13.8. The fraction of sp³-hybridized carbons (Fsp3) is 0.238. The van der Waals surface area contributed by atoms with Gasteiger partial charge < -0.3 is 20.2 Å². The van der Waals surface area contributed by atoms with Gasteiger partial charge in [-0.15, -0.1) is 0 Å². The van der Waals surface area contributed by atoms with Gasteiger partial charge in [0.2, 0.25) is 0 Å². The summed E-state index contributed by atoms with van der Waals surface area (Å²) < 4.78 is 43.5. The predicted molar refractivity (Wildman–Crippen MR) is 110 cm³/mol. The molecule has 12 heteroatoms. The summed E-state index contributed by atoms with van der Waals surface area (Å²) in [5, 5.41) is 15.2. The Morgan fingerprint density at radius 3 is 2.61 bits per heavy atom. The highest BCUT2D eigenvalue weighted by Gasteiger charge is 2.43. The van der Waals surface area contributed by atoms with E-state index in [1.165, 1.54) is 36.4 Å². The van der Waals surface area contributed by atoms with E-state index in [1.807, 2.05) is 6.07 Å². The average Bonchev–Trinajstić information content (AvgIpc) is 3.31. The van der Waals surface area contributed by atoms with Crippen molar-refractivity contribution in [2.75, 3.05) is 31.6 Å². The number of hydroxylamine groups is 2. The minimum absolute atomic E-state index is 0.0108. The van der Waals surface area contributed by atoms with Crippen LogP contribution in [0.25, 0.3) is 0 Å². The van der Waals surface area contributed by atoms with Gasteiger partial charge in [0.25, 0.3) is 5.91 Å². The largest absolute Gasteiger partial charge is 0.493 e. The minimum atomic E-state index is -5.29. The van der Waals surface area contributed by atoms with E-state index in [0.29, 0.717) is 30.3 Å². The number of hydrogen-bond donors (Lipinski definition) is 2. The molecular weight excluding hydrogens is 443 g/mol. The maximum absolute atomic E-state index is 12.7. The third kappa shape index (κ3) is 6.60. The number of aliphatic imine (C=N–C) groups is 1. The van der Waals surface area contributed by atoms with Crippen molar-refractivity contribution in [1.82, 2.24) is 10.4 Å². The van der Waals surface area contributed by atoms with Crippen LogP contribution in [0.2, 0.25) is 0 Å². The second-order valence-corrected chi connectivity index (χ2v) is 6.63. The highest BCUT2D eigenvalue weighted by atomic mass is 19.4. The molecule has 3 rings (SSSR count). The molecule has 0 aliphatic carbocycles. The number of halogens is 3. The van der Waals surface area contributed by atoms with Crippen LogP contribution in [0.4, 0.5) is 18.9 Å². The van der Waals surface area contributed by atoms with Crippen LogP contribution in [0.5, 0.6) is 5.75 Å². The highest BCUT2D eigenvalue weighted by Crippen LogP contribution is 2.19. The van der Waals surface area contributed by atoms with Crippen molar-refractivity contribution < 1.29 is 32.3 Å². The van der Waals surface area contributed by atoms with Gasteiger partial charge in [0.05, 0.1) is 24.7 Å². The van der Waals surface area contributed by atoms with E-state index in [4.69, 9.17) is 10.00 Å². The molecule has 2 N–H and O–H groups in total. The summed E-state index contributed by atoms with van der Waals surface area (Å²) in [5.41, 5.74) is 0.902. The Kier molecular flexibility index (Phi) is 7.34. The van der Waals surface area contributed by atoms with E-state index >= 15 is 0 Å². The molecule has 0 unspecified atom stereocenters. The Bertz CT molecular complexity index is 1080. The van der Waals surface area contributed by atoms with Crippen molar-refractivity contribution in [1.29, 1.82) is 5.26 Å². The number of carbonyl (C=O) groups excluding carboxylic acids is 2. The number of ether oxygens (including phenoxy) is 1. The van der Waals surface area contributed by atoms with E-state index in [2.05, 4.69) is 20.5 Å². The third-order valence-electron chi connectivity index (χ3n) is 4.25. The number of carbonyl (C=O) groups is 2. The van der Waals surface area contributed by atoms with Crippen LogP contribution in [0.15, 0.2) is 53.5 Å². The molecule has 0 aromatic heterocycles. The van der Waals surface area contributed by atoms with E-state index in [1.54, 1.807) is 12.1 Å². The fourth-order valence-electron chi connectivity index (χ4n) is 2.70. The number of guanidine groups is 1. The Labute approximate surface area is 186 Å². The van der Waals surface area contributed by atoms with Crippen LogP contribution < -0.4 is 15.4 Å². The van der Waals surface area contributed by atoms with Gasteiger partial charge in [-0.1, -0.05) is 6.07 Å². The summed E-state index contributed by atoms with van der Waals surface area (Å²) in [6.45, 7) is 0.539. The SMILES string of the molecule is N#Cc1cccc(OCCN(OC(=O)C(F)(F)F)C(=O)c2ccc(NC3=NCCN3)cc2)c1. The van der Waals surface area contributed by atoms with E-state index < -0.39 is 24.6 Å². The molecule has 0 fully saturated rings. The monoisotopic (exact) mass is 461 g/mol. The van der Waals surface area contributed by atoms with Gasteiger partial charge >= 0.3 is 12.1 Å². The van der Waals surface area contributed by atoms with Crippen molar-refractivity contribution in [2.24, 2.45) is 4.99 Å². The van der Waals surface area contributed by atoms with Gasteiger partial charge in [-0.2, -0.15) is 23.5 Å². The first-order valence-electron chi connectivity index (χ1n) is 9.65. The Hall–Kier alpha value is -4.27. The molecule has 9 nitrogen and oxygen atoms in total. The lowest BCUT2D eigenvalue weighted by Crippen LogP contribution is -2.40. The summed E-state index contributed by atoms with van der Waals surface area (Å²) in [4.78, 5) is 32.5. The fourth-order valence-corrected chi connectivity index (χ4v) is 2.70. The summed E-state index contributed by atoms with van der Waals surface area (Å²) in [5.74, 6) is -2.68. The number of benzene rings is 2. The number of nitrogens with one attached hydrogen (secondary N) is 2. The van der Waals surface area contributed by atoms with E-state index in [0.717, 1.165) is 0 Å². The van der Waals surface area contributed by atoms with Crippen LogP contribution in [-0.2, 0) is 9.63 Å². The first-order valence-corrected chi connectivity index (χ1v) is 9.65. The van der Waals surface area contributed by atoms with Gasteiger partial charge in [-0.3, -0.25) is 9.79 Å². The van der Waals surface area contributed by atoms with Crippen LogP contribution in [-0.4, -0.2) is 55.3 Å². The molecule has 0 atom stereocenters. The lowest BCUT2D eigenvalue weighted by Gasteiger charge is -2.22. The standard InChI is InChI=1S/C21H18F3N5O4/c22-21(23,24)19(31)33-29(10-11-32-17-3-1-2-14(12-17)13-25)18(30)15-4-6-16(7-5-15)28-20-26-8-9-27-20/h1-7,12H,8-11H2,(H2,26,27,28). The molecule has 172 valence electrons. The smallest absolute Gasteiger partial charge is 0.492 e. The molecule has 2 aromatic rings. The number of amides is 1. The van der Waals surface area contributed by atoms with Crippen LogP contribution >= 0.6 is 0 Å². The Morgan fingerprint density at radius 1 is 1.21 bits per heavy atom. The van der Waals surface area contributed by atoms with Crippen LogP contribution in [0.1, 0.15) is 15.9 Å². The molecule has 33 heavy (non-hydrogen) atoms. The zero-order valence-electron chi connectivity index (χ0n) is 17.1. The first-order chi connectivity index (χ1) is 15.8. The van der Waals surface area contributed by atoms with Gasteiger partial charge in [0.15, 0.2) is 5.96 Å². The quantitative estimate of drug-likeness (QED) is 0.635. The molecule has 0 saturated heterocycles. The summed E-state index contributed by atoms with van der Waals surface area (Å²) in [7, 11) is 0. The predicted octanol–water partition coefficient (Wildman–Crippen LogP) is 2.47. The summed E-state index contributed by atoms with van der Waals surface area (Å²) in [6.07, 6.45) is -5.29. The van der Waals surface area contributed by atoms with E-state index in [9.17, 15) is 22.8 Å². The number of anilines is 1. The first kappa shape index (κ1) is 23.4. The normalized spacial score (nSPS) is 12.7. The second-order valence-electron chi connectivity index (χ2n) is 6.63.